The molecule has 1 N–H and O–H groups in total. The number of rotatable bonds is 3. The molecule has 4 nitrogen and oxygen atoms in total. The van der Waals surface area contributed by atoms with Gasteiger partial charge in [-0.2, -0.15) is 0 Å². The Hall–Kier alpha value is -1.29. The lowest BCUT2D eigenvalue weighted by Crippen LogP contribution is -2.42. The fourth-order valence-corrected chi connectivity index (χ4v) is 1.37. The molecule has 15 heavy (non-hydrogen) atoms. The summed E-state index contributed by atoms with van der Waals surface area (Å²) in [5.74, 6) is 0.494. The lowest BCUT2D eigenvalue weighted by molar-refractivity contribution is -0.146. The second-order valence-electron chi connectivity index (χ2n) is 4.22. The first-order valence-corrected chi connectivity index (χ1v) is 4.83. The first-order chi connectivity index (χ1) is 6.82. The molecule has 0 bridgehead atoms. The number of aliphatic hydroxyl groups is 1. The summed E-state index contributed by atoms with van der Waals surface area (Å²) in [7, 11) is 1.66. The van der Waals surface area contributed by atoms with Gasteiger partial charge in [0.15, 0.2) is 0 Å². The van der Waals surface area contributed by atoms with Crippen molar-refractivity contribution in [1.82, 2.24) is 4.90 Å². The van der Waals surface area contributed by atoms with Gasteiger partial charge < -0.3 is 14.4 Å². The number of nitrogens with zero attached hydrogens (tertiary/aromatic N) is 1. The Morgan fingerprint density at radius 3 is 2.60 bits per heavy atom. The van der Waals surface area contributed by atoms with E-state index < -0.39 is 5.60 Å². The molecule has 1 aromatic rings. The van der Waals surface area contributed by atoms with Gasteiger partial charge in [0.25, 0.3) is 5.91 Å². The Kier molecular flexibility index (Phi) is 3.19. The first-order valence-electron chi connectivity index (χ1n) is 4.83. The molecule has 0 unspecified atom stereocenters. The maximum absolute atomic E-state index is 11.6. The zero-order valence-electron chi connectivity index (χ0n) is 9.57. The van der Waals surface area contributed by atoms with Crippen LogP contribution >= 0.6 is 0 Å². The summed E-state index contributed by atoms with van der Waals surface area (Å²) in [6.45, 7) is 5.25. The quantitative estimate of drug-likeness (QED) is 0.820. The predicted molar refractivity (Wildman–Crippen MR) is 56.2 cm³/mol. The molecule has 0 saturated heterocycles. The van der Waals surface area contributed by atoms with Crippen LogP contribution in [0.15, 0.2) is 16.7 Å². The number of hydrogen-bond donors (Lipinski definition) is 1. The standard InChI is InChI=1S/C11H17NO3/c1-8-9(5-6-15-8)7-12(4)10(13)11(2,3)14/h5-6,14H,7H2,1-4H3. The Bertz CT molecular complexity index is 349. The van der Waals surface area contributed by atoms with Crippen LogP contribution in [0, 0.1) is 6.92 Å². The number of likely N-dealkylation sites (N-methyl/N-ethyl adjacent to an activating group) is 1. The summed E-state index contributed by atoms with van der Waals surface area (Å²) >= 11 is 0. The van der Waals surface area contributed by atoms with Crippen molar-refractivity contribution >= 4 is 5.91 Å². The Morgan fingerprint density at radius 1 is 1.60 bits per heavy atom. The highest BCUT2D eigenvalue weighted by Crippen LogP contribution is 2.13. The van der Waals surface area contributed by atoms with Crippen molar-refractivity contribution in [2.75, 3.05) is 7.05 Å². The summed E-state index contributed by atoms with van der Waals surface area (Å²) in [6.07, 6.45) is 1.59. The average Bonchev–Trinajstić information content (AvgIpc) is 2.49. The molecule has 0 radical (unpaired) electrons. The van der Waals surface area contributed by atoms with Crippen molar-refractivity contribution in [3.63, 3.8) is 0 Å². The molecule has 0 atom stereocenters. The van der Waals surface area contributed by atoms with Crippen LogP contribution < -0.4 is 0 Å². The molecule has 0 aromatic carbocycles. The van der Waals surface area contributed by atoms with E-state index in [0.29, 0.717) is 6.54 Å². The highest BCUT2D eigenvalue weighted by molar-refractivity contribution is 5.83. The van der Waals surface area contributed by atoms with Gasteiger partial charge in [-0.1, -0.05) is 0 Å². The molecule has 0 spiro atoms. The predicted octanol–water partition coefficient (Wildman–Crippen LogP) is 1.32. The van der Waals surface area contributed by atoms with Crippen LogP contribution in [-0.2, 0) is 11.3 Å². The van der Waals surface area contributed by atoms with Crippen LogP contribution in [0.3, 0.4) is 0 Å². The van der Waals surface area contributed by atoms with Crippen LogP contribution in [-0.4, -0.2) is 28.6 Å². The lowest BCUT2D eigenvalue weighted by atomic mass is 10.1. The summed E-state index contributed by atoms with van der Waals surface area (Å²) in [5, 5.41) is 9.54. The van der Waals surface area contributed by atoms with Crippen LogP contribution in [0.25, 0.3) is 0 Å². The number of carbonyl (C=O) groups is 1. The number of hydrogen-bond acceptors (Lipinski definition) is 3. The third-order valence-corrected chi connectivity index (χ3v) is 2.24. The molecule has 1 aromatic heterocycles. The van der Waals surface area contributed by atoms with E-state index in [1.807, 2.05) is 13.0 Å². The van der Waals surface area contributed by atoms with Gasteiger partial charge in [-0.3, -0.25) is 4.79 Å². The topological polar surface area (TPSA) is 53.7 Å². The number of carbonyl (C=O) groups excluding carboxylic acids is 1. The third-order valence-electron chi connectivity index (χ3n) is 2.24. The molecule has 1 rings (SSSR count). The Balaban J connectivity index is 2.68. The van der Waals surface area contributed by atoms with Crippen LogP contribution in [0.5, 0.6) is 0 Å². The molecule has 0 aliphatic heterocycles. The van der Waals surface area contributed by atoms with Gasteiger partial charge in [-0.05, 0) is 26.8 Å². The molecule has 0 fully saturated rings. The number of amides is 1. The summed E-state index contributed by atoms with van der Waals surface area (Å²) < 4.78 is 5.13. The minimum Gasteiger partial charge on any atom is -0.469 e. The van der Waals surface area contributed by atoms with Crippen LogP contribution in [0.1, 0.15) is 25.2 Å². The minimum atomic E-state index is -1.33. The Morgan fingerprint density at radius 2 is 2.20 bits per heavy atom. The first kappa shape index (κ1) is 11.8. The monoisotopic (exact) mass is 211 g/mol. The van der Waals surface area contributed by atoms with E-state index in [2.05, 4.69) is 0 Å². The Labute approximate surface area is 89.5 Å². The van der Waals surface area contributed by atoms with Crippen molar-refractivity contribution in [2.24, 2.45) is 0 Å². The normalized spacial score (nSPS) is 11.5. The smallest absolute Gasteiger partial charge is 0.253 e. The number of furan rings is 1. The van der Waals surface area contributed by atoms with Gasteiger partial charge in [-0.15, -0.1) is 0 Å². The van der Waals surface area contributed by atoms with Gasteiger partial charge in [0.05, 0.1) is 6.26 Å². The zero-order chi connectivity index (χ0) is 11.6. The molecule has 0 saturated carbocycles. The van der Waals surface area contributed by atoms with Crippen molar-refractivity contribution < 1.29 is 14.3 Å². The lowest BCUT2D eigenvalue weighted by Gasteiger charge is -2.24. The van der Waals surface area contributed by atoms with Gasteiger partial charge in [-0.25, -0.2) is 0 Å². The van der Waals surface area contributed by atoms with E-state index in [0.717, 1.165) is 11.3 Å². The number of aryl methyl sites for hydroxylation is 1. The fourth-order valence-electron chi connectivity index (χ4n) is 1.37. The summed E-state index contributed by atoms with van der Waals surface area (Å²) in [6, 6.07) is 1.82. The highest BCUT2D eigenvalue weighted by Gasteiger charge is 2.27. The average molecular weight is 211 g/mol. The van der Waals surface area contributed by atoms with Crippen LogP contribution in [0.4, 0.5) is 0 Å². The van der Waals surface area contributed by atoms with E-state index >= 15 is 0 Å². The van der Waals surface area contributed by atoms with E-state index in [1.54, 1.807) is 13.3 Å². The minimum absolute atomic E-state index is 0.303. The molecular formula is C11H17NO3. The SMILES string of the molecule is Cc1occc1CN(C)C(=O)C(C)(C)O. The molecule has 0 aliphatic carbocycles. The summed E-state index contributed by atoms with van der Waals surface area (Å²) in [5.41, 5.74) is -0.373. The van der Waals surface area contributed by atoms with Gasteiger partial charge in [0.2, 0.25) is 0 Å². The molecule has 4 heteroatoms. The molecule has 1 amide bonds. The van der Waals surface area contributed by atoms with E-state index in [4.69, 9.17) is 4.42 Å². The van der Waals surface area contributed by atoms with Crippen molar-refractivity contribution in [2.45, 2.75) is 32.9 Å². The second kappa shape index (κ2) is 4.06. The second-order valence-corrected chi connectivity index (χ2v) is 4.22. The van der Waals surface area contributed by atoms with E-state index in [-0.39, 0.29) is 5.91 Å². The van der Waals surface area contributed by atoms with Gasteiger partial charge >= 0.3 is 0 Å². The zero-order valence-corrected chi connectivity index (χ0v) is 9.57. The maximum atomic E-state index is 11.6. The largest absolute Gasteiger partial charge is 0.469 e. The van der Waals surface area contributed by atoms with Crippen molar-refractivity contribution in [1.29, 1.82) is 0 Å². The van der Waals surface area contributed by atoms with Gasteiger partial charge in [0.1, 0.15) is 11.4 Å². The van der Waals surface area contributed by atoms with Crippen molar-refractivity contribution in [3.05, 3.63) is 23.7 Å². The van der Waals surface area contributed by atoms with Crippen LogP contribution in [0.2, 0.25) is 0 Å². The molecule has 1 heterocycles. The molecule has 0 aliphatic rings. The van der Waals surface area contributed by atoms with E-state index in [9.17, 15) is 9.90 Å². The van der Waals surface area contributed by atoms with Gasteiger partial charge in [0, 0.05) is 19.2 Å². The fraction of sp³-hybridized carbons (Fsp3) is 0.545. The van der Waals surface area contributed by atoms with E-state index in [1.165, 1.54) is 18.7 Å². The summed E-state index contributed by atoms with van der Waals surface area (Å²) in [4.78, 5) is 13.1. The van der Waals surface area contributed by atoms with Crippen molar-refractivity contribution in [3.8, 4) is 0 Å². The molecular weight excluding hydrogens is 194 g/mol. The maximum Gasteiger partial charge on any atom is 0.253 e. The third kappa shape index (κ3) is 2.83. The highest BCUT2D eigenvalue weighted by atomic mass is 16.3. The molecule has 84 valence electrons.